The molecule has 0 aliphatic rings. The number of nitrogens with zero attached hydrogens (tertiary/aromatic N) is 4. The van der Waals surface area contributed by atoms with Gasteiger partial charge in [-0.25, -0.2) is 15.0 Å². The van der Waals surface area contributed by atoms with Gasteiger partial charge in [0.05, 0.1) is 21.8 Å². The third kappa shape index (κ3) is 5.66. The Morgan fingerprint density at radius 2 is 0.862 bits per heavy atom. The van der Waals surface area contributed by atoms with E-state index in [0.717, 1.165) is 55.7 Å². The van der Waals surface area contributed by atoms with Crippen molar-refractivity contribution in [1.82, 2.24) is 19.5 Å². The van der Waals surface area contributed by atoms with Gasteiger partial charge in [0.25, 0.3) is 0 Å². The van der Waals surface area contributed by atoms with Crippen LogP contribution in [0, 0.1) is 0 Å². The number of hydrogen-bond acceptors (Lipinski definition) is 5. The maximum Gasteiger partial charge on any atom is 0.200 e. The molecule has 0 amide bonds. The Kier molecular flexibility index (Phi) is 7.86. The molecule has 0 saturated heterocycles. The van der Waals surface area contributed by atoms with Gasteiger partial charge < -0.3 is 8.98 Å². The van der Waals surface area contributed by atoms with Crippen LogP contribution in [0.1, 0.15) is 0 Å². The van der Waals surface area contributed by atoms with E-state index in [4.69, 9.17) is 19.4 Å². The van der Waals surface area contributed by atoms with Gasteiger partial charge in [0.2, 0.25) is 5.43 Å². The van der Waals surface area contributed by atoms with E-state index in [1.807, 2.05) is 78.9 Å². The molecule has 6 nitrogen and oxygen atoms in total. The van der Waals surface area contributed by atoms with Crippen LogP contribution in [-0.2, 0) is 0 Å². The SMILES string of the molecule is O=c1c2ccccc2oc2cc(-c3ccc(-c4ccccc4-c4nc(-c5ccccc5)nc(-c5ccc(-n6c7ccccc7c7ccccc76)cc5)n4)cc3)ccc12. The topological polar surface area (TPSA) is 73.8 Å². The largest absolute Gasteiger partial charge is 0.456 e. The van der Waals surface area contributed by atoms with E-state index in [1.54, 1.807) is 6.07 Å². The fourth-order valence-electron chi connectivity index (χ4n) is 8.05. The minimum Gasteiger partial charge on any atom is -0.456 e. The number of aromatic nitrogens is 4. The number of benzene rings is 8. The number of hydrogen-bond donors (Lipinski definition) is 0. The minimum atomic E-state index is -0.0244. The molecule has 8 aromatic carbocycles. The van der Waals surface area contributed by atoms with E-state index in [1.165, 1.54) is 10.8 Å². The van der Waals surface area contributed by atoms with E-state index in [0.29, 0.717) is 39.4 Å². The summed E-state index contributed by atoms with van der Waals surface area (Å²) in [7, 11) is 0. The third-order valence-electron chi connectivity index (χ3n) is 10.9. The number of para-hydroxylation sites is 3. The van der Waals surface area contributed by atoms with Crippen molar-refractivity contribution in [1.29, 1.82) is 0 Å². The quantitative estimate of drug-likeness (QED) is 0.159. The van der Waals surface area contributed by atoms with Gasteiger partial charge in [0, 0.05) is 33.2 Å². The molecule has 0 atom stereocenters. The van der Waals surface area contributed by atoms with Crippen LogP contribution in [0.5, 0.6) is 0 Å². The lowest BCUT2D eigenvalue weighted by molar-refractivity contribution is 0.660. The van der Waals surface area contributed by atoms with Crippen LogP contribution in [0.15, 0.2) is 203 Å². The molecule has 0 radical (unpaired) electrons. The summed E-state index contributed by atoms with van der Waals surface area (Å²) in [6.45, 7) is 0. The molecule has 0 N–H and O–H groups in total. The molecule has 272 valence electrons. The highest BCUT2D eigenvalue weighted by atomic mass is 16.3. The molecule has 0 aliphatic carbocycles. The molecule has 0 saturated carbocycles. The summed E-state index contributed by atoms with van der Waals surface area (Å²) in [5.41, 5.74) is 11.2. The molecular formula is C52H32N4O2. The number of fused-ring (bicyclic) bond motifs is 5. The summed E-state index contributed by atoms with van der Waals surface area (Å²) in [4.78, 5) is 28.4. The van der Waals surface area contributed by atoms with Crippen molar-refractivity contribution < 1.29 is 4.42 Å². The predicted molar refractivity (Wildman–Crippen MR) is 235 cm³/mol. The van der Waals surface area contributed by atoms with Gasteiger partial charge in [0.1, 0.15) is 11.2 Å². The molecular weight excluding hydrogens is 713 g/mol. The summed E-state index contributed by atoms with van der Waals surface area (Å²) in [5, 5.41) is 3.60. The van der Waals surface area contributed by atoms with Crippen molar-refractivity contribution in [2.24, 2.45) is 0 Å². The molecule has 11 aromatic rings. The van der Waals surface area contributed by atoms with Gasteiger partial charge in [-0.1, -0.05) is 133 Å². The average molecular weight is 745 g/mol. The first-order valence-corrected chi connectivity index (χ1v) is 19.2. The normalized spacial score (nSPS) is 11.5. The first kappa shape index (κ1) is 33.4. The van der Waals surface area contributed by atoms with Crippen molar-refractivity contribution in [3.63, 3.8) is 0 Å². The van der Waals surface area contributed by atoms with Crippen LogP contribution in [0.4, 0.5) is 0 Å². The smallest absolute Gasteiger partial charge is 0.200 e. The molecule has 0 bridgehead atoms. The fourth-order valence-corrected chi connectivity index (χ4v) is 8.05. The first-order chi connectivity index (χ1) is 28.7. The molecule has 6 heteroatoms. The maximum atomic E-state index is 13.2. The van der Waals surface area contributed by atoms with Crippen molar-refractivity contribution in [2.45, 2.75) is 0 Å². The Hall–Kier alpha value is -7.96. The molecule has 3 aromatic heterocycles. The standard InChI is InChI=1S/C52H32N4O2/c57-49-43-18-8-11-21-47(43)58-48-32-37(28-31-44(48)49)33-22-24-34(25-23-33)39-14-4-5-17-42(39)52-54-50(35-12-2-1-3-13-35)53-51(55-52)36-26-29-38(30-27-36)56-45-19-9-6-15-40(45)41-16-7-10-20-46(41)56/h1-32H. The second-order valence-corrected chi connectivity index (χ2v) is 14.4. The second-order valence-electron chi connectivity index (χ2n) is 14.4. The molecule has 0 unspecified atom stereocenters. The van der Waals surface area contributed by atoms with E-state index >= 15 is 0 Å². The molecule has 0 aliphatic heterocycles. The van der Waals surface area contributed by atoms with E-state index in [2.05, 4.69) is 114 Å². The van der Waals surface area contributed by atoms with Gasteiger partial charge in [-0.15, -0.1) is 0 Å². The lowest BCUT2D eigenvalue weighted by atomic mass is 9.96. The van der Waals surface area contributed by atoms with Crippen LogP contribution in [0.3, 0.4) is 0 Å². The van der Waals surface area contributed by atoms with Crippen LogP contribution < -0.4 is 5.43 Å². The van der Waals surface area contributed by atoms with Gasteiger partial charge in [-0.2, -0.15) is 0 Å². The summed E-state index contributed by atoms with van der Waals surface area (Å²) in [6.07, 6.45) is 0. The predicted octanol–water partition coefficient (Wildman–Crippen LogP) is 12.6. The Balaban J connectivity index is 0.979. The Bertz CT molecular complexity index is 3350. The molecule has 0 fully saturated rings. The van der Waals surface area contributed by atoms with Crippen molar-refractivity contribution >= 4 is 43.7 Å². The molecule has 11 rings (SSSR count). The van der Waals surface area contributed by atoms with Crippen molar-refractivity contribution in [3.05, 3.63) is 204 Å². The van der Waals surface area contributed by atoms with Gasteiger partial charge in [-0.3, -0.25) is 4.79 Å². The zero-order chi connectivity index (χ0) is 38.6. The Morgan fingerprint density at radius 3 is 1.57 bits per heavy atom. The second kappa shape index (κ2) is 13.7. The minimum absolute atomic E-state index is 0.0244. The van der Waals surface area contributed by atoms with E-state index < -0.39 is 0 Å². The number of rotatable bonds is 6. The molecule has 3 heterocycles. The Morgan fingerprint density at radius 1 is 0.362 bits per heavy atom. The van der Waals surface area contributed by atoms with E-state index in [-0.39, 0.29) is 5.43 Å². The third-order valence-corrected chi connectivity index (χ3v) is 10.9. The summed E-state index contributed by atoms with van der Waals surface area (Å²) in [6, 6.07) is 65.4. The zero-order valence-corrected chi connectivity index (χ0v) is 31.1. The monoisotopic (exact) mass is 744 g/mol. The van der Waals surface area contributed by atoms with Gasteiger partial charge >= 0.3 is 0 Å². The lowest BCUT2D eigenvalue weighted by Crippen LogP contribution is -2.01. The summed E-state index contributed by atoms with van der Waals surface area (Å²) in [5.74, 6) is 1.79. The van der Waals surface area contributed by atoms with E-state index in [9.17, 15) is 4.79 Å². The highest BCUT2D eigenvalue weighted by molar-refractivity contribution is 6.09. The van der Waals surface area contributed by atoms with Crippen LogP contribution in [-0.4, -0.2) is 19.5 Å². The van der Waals surface area contributed by atoms with Crippen molar-refractivity contribution in [3.8, 4) is 62.1 Å². The van der Waals surface area contributed by atoms with Gasteiger partial charge in [-0.05, 0) is 82.9 Å². The van der Waals surface area contributed by atoms with Gasteiger partial charge in [0.15, 0.2) is 17.5 Å². The molecule has 0 spiro atoms. The lowest BCUT2D eigenvalue weighted by Gasteiger charge is -2.13. The Labute approximate surface area is 333 Å². The average Bonchev–Trinajstić information content (AvgIpc) is 3.63. The first-order valence-electron chi connectivity index (χ1n) is 19.2. The highest BCUT2D eigenvalue weighted by Gasteiger charge is 2.17. The summed E-state index contributed by atoms with van der Waals surface area (Å²) >= 11 is 0. The summed E-state index contributed by atoms with van der Waals surface area (Å²) < 4.78 is 8.47. The highest BCUT2D eigenvalue weighted by Crippen LogP contribution is 2.36. The fraction of sp³-hybridized carbons (Fsp3) is 0. The van der Waals surface area contributed by atoms with Crippen LogP contribution in [0.2, 0.25) is 0 Å². The zero-order valence-electron chi connectivity index (χ0n) is 31.1. The van der Waals surface area contributed by atoms with Crippen LogP contribution in [0.25, 0.3) is 106 Å². The van der Waals surface area contributed by atoms with Crippen LogP contribution >= 0.6 is 0 Å². The maximum absolute atomic E-state index is 13.2. The van der Waals surface area contributed by atoms with Crippen molar-refractivity contribution in [2.75, 3.05) is 0 Å². The molecule has 58 heavy (non-hydrogen) atoms.